The molecular formula is C24H18O6. The molecule has 0 saturated carbocycles. The number of hydrogen-bond donors (Lipinski definition) is 2. The number of allylic oxidation sites excluding steroid dienone is 1. The van der Waals surface area contributed by atoms with Gasteiger partial charge in [-0.15, -0.1) is 0 Å². The molecular weight excluding hydrogens is 384 g/mol. The van der Waals surface area contributed by atoms with Gasteiger partial charge < -0.3 is 14.9 Å². The first-order valence-electron chi connectivity index (χ1n) is 9.47. The number of rotatable bonds is 5. The maximum atomic E-state index is 12.3. The quantitative estimate of drug-likeness (QED) is 0.377. The van der Waals surface area contributed by atoms with E-state index in [9.17, 15) is 24.6 Å². The van der Waals surface area contributed by atoms with E-state index >= 15 is 0 Å². The number of phenols is 1. The van der Waals surface area contributed by atoms with Crippen molar-refractivity contribution in [1.82, 2.24) is 0 Å². The minimum Gasteiger partial charge on any atom is -0.507 e. The molecule has 4 rings (SSSR count). The summed E-state index contributed by atoms with van der Waals surface area (Å²) >= 11 is 0. The van der Waals surface area contributed by atoms with Crippen LogP contribution >= 0.6 is 0 Å². The van der Waals surface area contributed by atoms with E-state index in [1.54, 1.807) is 36.4 Å². The van der Waals surface area contributed by atoms with E-state index in [4.69, 9.17) is 4.74 Å². The van der Waals surface area contributed by atoms with Crippen LogP contribution in [0.5, 0.6) is 5.75 Å². The Morgan fingerprint density at radius 1 is 0.833 bits per heavy atom. The molecule has 0 spiro atoms. The molecule has 150 valence electrons. The second-order valence-corrected chi connectivity index (χ2v) is 6.95. The fraction of sp³-hybridized carbons (Fsp3) is 0.125. The molecule has 3 aromatic carbocycles. The second-order valence-electron chi connectivity index (χ2n) is 6.95. The van der Waals surface area contributed by atoms with Gasteiger partial charge in [-0.3, -0.25) is 9.59 Å². The van der Waals surface area contributed by atoms with Gasteiger partial charge in [0.1, 0.15) is 17.1 Å². The van der Waals surface area contributed by atoms with Crippen LogP contribution in [0.25, 0.3) is 16.5 Å². The van der Waals surface area contributed by atoms with Crippen molar-refractivity contribution in [3.05, 3.63) is 82.9 Å². The maximum absolute atomic E-state index is 12.3. The Labute approximate surface area is 172 Å². The number of ether oxygens (including phenoxy) is 1. The first kappa shape index (κ1) is 19.4. The van der Waals surface area contributed by atoms with Crippen molar-refractivity contribution in [2.24, 2.45) is 0 Å². The van der Waals surface area contributed by atoms with E-state index in [0.717, 1.165) is 5.39 Å². The highest BCUT2D eigenvalue weighted by atomic mass is 16.5. The lowest BCUT2D eigenvalue weighted by Gasteiger charge is -2.17. The van der Waals surface area contributed by atoms with Crippen LogP contribution < -0.4 is 0 Å². The summed E-state index contributed by atoms with van der Waals surface area (Å²) in [6, 6.07) is 16.7. The van der Waals surface area contributed by atoms with Gasteiger partial charge >= 0.3 is 5.97 Å². The van der Waals surface area contributed by atoms with Crippen LogP contribution in [0.3, 0.4) is 0 Å². The van der Waals surface area contributed by atoms with Crippen LogP contribution in [0, 0.1) is 0 Å². The van der Waals surface area contributed by atoms with Crippen molar-refractivity contribution < 1.29 is 29.3 Å². The van der Waals surface area contributed by atoms with E-state index in [0.29, 0.717) is 10.9 Å². The fourth-order valence-corrected chi connectivity index (χ4v) is 3.56. The lowest BCUT2D eigenvalue weighted by atomic mass is 9.86. The summed E-state index contributed by atoms with van der Waals surface area (Å²) in [4.78, 5) is 36.9. The zero-order chi connectivity index (χ0) is 21.3. The van der Waals surface area contributed by atoms with Gasteiger partial charge in [0.15, 0.2) is 0 Å². The number of aliphatic hydroxyl groups excluding tert-OH is 1. The molecule has 1 aliphatic carbocycles. The van der Waals surface area contributed by atoms with Gasteiger partial charge in [0, 0.05) is 22.1 Å². The average molecular weight is 402 g/mol. The smallest absolute Gasteiger partial charge is 0.341 e. The van der Waals surface area contributed by atoms with Crippen LogP contribution in [0.15, 0.2) is 66.2 Å². The summed E-state index contributed by atoms with van der Waals surface area (Å²) in [6.45, 7) is -0.0367. The molecule has 0 amide bonds. The first-order chi connectivity index (χ1) is 14.5. The van der Waals surface area contributed by atoms with Crippen molar-refractivity contribution in [2.45, 2.75) is 12.8 Å². The fourth-order valence-electron chi connectivity index (χ4n) is 3.56. The third-order valence-electron chi connectivity index (χ3n) is 5.12. The van der Waals surface area contributed by atoms with Gasteiger partial charge in [0.2, 0.25) is 11.6 Å². The average Bonchev–Trinajstić information content (AvgIpc) is 2.77. The van der Waals surface area contributed by atoms with Crippen molar-refractivity contribution >= 4 is 34.1 Å². The number of fused-ring (bicyclic) bond motifs is 2. The standard InChI is InChI=1S/C24H18O6/c25-20-15-7-2-1-6-14(15)11-12-19(20)24(29)30-13-5-10-18-21(26)16-8-3-4-9-17(16)22(27)23(18)28/h1-4,6-9,11-12,25-26H,5,10,13H2. The van der Waals surface area contributed by atoms with Crippen LogP contribution in [0.4, 0.5) is 0 Å². The lowest BCUT2D eigenvalue weighted by molar-refractivity contribution is -0.112. The molecule has 0 unspecified atom stereocenters. The van der Waals surface area contributed by atoms with Gasteiger partial charge in [-0.05, 0) is 24.3 Å². The number of hydrogen-bond acceptors (Lipinski definition) is 6. The van der Waals surface area contributed by atoms with E-state index in [1.165, 1.54) is 12.1 Å². The second kappa shape index (κ2) is 7.83. The number of phenolic OH excluding ortho intramolecular Hbond substituents is 1. The van der Waals surface area contributed by atoms with Crippen LogP contribution in [-0.2, 0) is 9.53 Å². The molecule has 6 nitrogen and oxygen atoms in total. The van der Waals surface area contributed by atoms with Gasteiger partial charge in [-0.25, -0.2) is 4.79 Å². The monoisotopic (exact) mass is 402 g/mol. The van der Waals surface area contributed by atoms with Crippen LogP contribution in [0.2, 0.25) is 0 Å². The Bertz CT molecular complexity index is 1220. The molecule has 6 heteroatoms. The Kier molecular flexibility index (Phi) is 5.06. The third-order valence-corrected chi connectivity index (χ3v) is 5.12. The topological polar surface area (TPSA) is 101 Å². The molecule has 30 heavy (non-hydrogen) atoms. The zero-order valence-electron chi connectivity index (χ0n) is 15.9. The molecule has 0 atom stereocenters. The third kappa shape index (κ3) is 3.33. The molecule has 0 aromatic heterocycles. The van der Waals surface area contributed by atoms with Crippen LogP contribution in [0.1, 0.15) is 39.1 Å². The van der Waals surface area contributed by atoms with E-state index in [-0.39, 0.29) is 47.7 Å². The molecule has 0 fully saturated rings. The number of Topliss-reactive ketones (excluding diaryl/α,β-unsaturated/α-hetero) is 2. The summed E-state index contributed by atoms with van der Waals surface area (Å²) in [6.07, 6.45) is 0.322. The van der Waals surface area contributed by atoms with Crippen LogP contribution in [-0.4, -0.2) is 34.4 Å². The summed E-state index contributed by atoms with van der Waals surface area (Å²) in [5.74, 6) is -2.45. The number of esters is 1. The number of aromatic hydroxyl groups is 1. The molecule has 0 radical (unpaired) electrons. The highest BCUT2D eigenvalue weighted by molar-refractivity contribution is 6.52. The van der Waals surface area contributed by atoms with Gasteiger partial charge in [-0.2, -0.15) is 0 Å². The first-order valence-corrected chi connectivity index (χ1v) is 9.47. The molecule has 1 aliphatic rings. The number of carbonyl (C=O) groups is 3. The van der Waals surface area contributed by atoms with Gasteiger partial charge in [0.25, 0.3) is 0 Å². The molecule has 2 N–H and O–H groups in total. The molecule has 0 saturated heterocycles. The summed E-state index contributed by atoms with van der Waals surface area (Å²) in [7, 11) is 0. The van der Waals surface area contributed by atoms with Crippen molar-refractivity contribution in [3.8, 4) is 5.75 Å². The molecule has 0 heterocycles. The van der Waals surface area contributed by atoms with E-state index in [2.05, 4.69) is 0 Å². The molecule has 3 aromatic rings. The molecule has 0 aliphatic heterocycles. The van der Waals surface area contributed by atoms with Crippen molar-refractivity contribution in [1.29, 1.82) is 0 Å². The van der Waals surface area contributed by atoms with Gasteiger partial charge in [-0.1, -0.05) is 54.6 Å². The Balaban J connectivity index is 1.43. The van der Waals surface area contributed by atoms with Crippen molar-refractivity contribution in [3.63, 3.8) is 0 Å². The highest BCUT2D eigenvalue weighted by Crippen LogP contribution is 2.31. The minimum absolute atomic E-state index is 0.0169. The van der Waals surface area contributed by atoms with E-state index < -0.39 is 17.5 Å². The minimum atomic E-state index is -0.746. The largest absolute Gasteiger partial charge is 0.507 e. The Morgan fingerprint density at radius 3 is 2.33 bits per heavy atom. The van der Waals surface area contributed by atoms with Crippen molar-refractivity contribution in [2.75, 3.05) is 6.61 Å². The summed E-state index contributed by atoms with van der Waals surface area (Å²) in [5, 5.41) is 22.1. The van der Waals surface area contributed by atoms with E-state index in [1.807, 2.05) is 12.1 Å². The summed E-state index contributed by atoms with van der Waals surface area (Å²) in [5.41, 5.74) is 0.578. The number of aliphatic hydroxyl groups is 1. The Morgan fingerprint density at radius 2 is 1.53 bits per heavy atom. The predicted octanol–water partition coefficient (Wildman–Crippen LogP) is 4.22. The SMILES string of the molecule is O=C1C(=O)c2ccccc2C(O)=C1CCCOC(=O)c1ccc2ccccc2c1O. The number of ketones is 2. The summed E-state index contributed by atoms with van der Waals surface area (Å²) < 4.78 is 5.22. The zero-order valence-corrected chi connectivity index (χ0v) is 15.9. The normalized spacial score (nSPS) is 13.5. The maximum Gasteiger partial charge on any atom is 0.341 e. The predicted molar refractivity (Wildman–Crippen MR) is 110 cm³/mol. The number of carbonyl (C=O) groups excluding carboxylic acids is 3. The lowest BCUT2D eigenvalue weighted by Crippen LogP contribution is -2.24. The Hall–Kier alpha value is -3.93. The highest BCUT2D eigenvalue weighted by Gasteiger charge is 2.32. The van der Waals surface area contributed by atoms with Gasteiger partial charge in [0.05, 0.1) is 6.61 Å². The number of benzene rings is 3. The molecule has 0 bridgehead atoms.